The summed E-state index contributed by atoms with van der Waals surface area (Å²) >= 11 is 0. The molecule has 1 aromatic rings. The number of primary amides is 1. The first-order valence-corrected chi connectivity index (χ1v) is 6.38. The van der Waals surface area contributed by atoms with Crippen LogP contribution in [0.2, 0.25) is 0 Å². The Labute approximate surface area is 107 Å². The van der Waals surface area contributed by atoms with Gasteiger partial charge in [-0.1, -0.05) is 19.0 Å². The molecule has 1 aliphatic rings. The van der Waals surface area contributed by atoms with E-state index in [-0.39, 0.29) is 17.7 Å². The van der Waals surface area contributed by atoms with Gasteiger partial charge in [-0.3, -0.25) is 4.79 Å². The maximum atomic E-state index is 11.3. The Morgan fingerprint density at radius 2 is 2.22 bits per heavy atom. The van der Waals surface area contributed by atoms with Crippen molar-refractivity contribution in [2.24, 2.45) is 11.7 Å². The summed E-state index contributed by atoms with van der Waals surface area (Å²) in [6.45, 7) is 6.69. The lowest BCUT2D eigenvalue weighted by Gasteiger charge is -2.35. The molecule has 1 amide bonds. The van der Waals surface area contributed by atoms with Crippen molar-refractivity contribution in [3.05, 3.63) is 5.82 Å². The fourth-order valence-corrected chi connectivity index (χ4v) is 2.18. The highest BCUT2D eigenvalue weighted by atomic mass is 16.5. The molecule has 0 radical (unpaired) electrons. The van der Waals surface area contributed by atoms with Crippen molar-refractivity contribution in [2.45, 2.75) is 45.6 Å². The number of nitrogens with zero attached hydrogens (tertiary/aromatic N) is 3. The van der Waals surface area contributed by atoms with Gasteiger partial charge in [-0.25, -0.2) is 0 Å². The van der Waals surface area contributed by atoms with Crippen molar-refractivity contribution >= 4 is 11.9 Å². The number of aromatic nitrogens is 2. The number of rotatable bonds is 3. The highest BCUT2D eigenvalue weighted by molar-refractivity contribution is 5.77. The number of amides is 1. The van der Waals surface area contributed by atoms with Crippen molar-refractivity contribution in [3.8, 4) is 0 Å². The molecule has 0 bridgehead atoms. The fourth-order valence-electron chi connectivity index (χ4n) is 2.18. The molecule has 2 rings (SSSR count). The van der Waals surface area contributed by atoms with E-state index in [1.807, 2.05) is 18.7 Å². The highest BCUT2D eigenvalue weighted by Crippen LogP contribution is 2.27. The van der Waals surface area contributed by atoms with Gasteiger partial charge in [0.25, 0.3) is 0 Å². The predicted octanol–water partition coefficient (Wildman–Crippen LogP) is 1.28. The first-order chi connectivity index (χ1) is 8.49. The average Bonchev–Trinajstić information content (AvgIpc) is 2.78. The first kappa shape index (κ1) is 12.9. The van der Waals surface area contributed by atoms with Crippen LogP contribution in [0.25, 0.3) is 0 Å². The molecule has 1 saturated heterocycles. The number of carbonyl (C=O) groups excluding carboxylic acids is 1. The van der Waals surface area contributed by atoms with Crippen LogP contribution in [0.1, 0.15) is 45.4 Å². The maximum absolute atomic E-state index is 11.3. The Morgan fingerprint density at radius 1 is 1.50 bits per heavy atom. The van der Waals surface area contributed by atoms with Gasteiger partial charge in [0.2, 0.25) is 5.91 Å². The molecule has 2 heterocycles. The van der Waals surface area contributed by atoms with E-state index in [1.165, 1.54) is 0 Å². The third-order valence-corrected chi connectivity index (χ3v) is 3.48. The molecule has 0 spiro atoms. The van der Waals surface area contributed by atoms with Crippen LogP contribution in [0, 0.1) is 5.92 Å². The number of anilines is 1. The van der Waals surface area contributed by atoms with Gasteiger partial charge in [0.15, 0.2) is 5.82 Å². The quantitative estimate of drug-likeness (QED) is 0.876. The number of piperidine rings is 1. The molecule has 0 saturated carbocycles. The van der Waals surface area contributed by atoms with Crippen LogP contribution in [-0.2, 0) is 4.79 Å². The molecule has 100 valence electrons. The van der Waals surface area contributed by atoms with Gasteiger partial charge in [0, 0.05) is 18.5 Å². The maximum Gasteiger partial charge on any atom is 0.324 e. The first-order valence-electron chi connectivity index (χ1n) is 6.38. The van der Waals surface area contributed by atoms with E-state index in [0.29, 0.717) is 24.4 Å². The van der Waals surface area contributed by atoms with Crippen molar-refractivity contribution in [3.63, 3.8) is 0 Å². The number of nitrogens with two attached hydrogens (primary N) is 1. The minimum atomic E-state index is -0.254. The monoisotopic (exact) mass is 252 g/mol. The van der Waals surface area contributed by atoms with E-state index in [9.17, 15) is 4.79 Å². The van der Waals surface area contributed by atoms with E-state index < -0.39 is 0 Å². The van der Waals surface area contributed by atoms with Gasteiger partial charge in [-0.2, -0.15) is 4.98 Å². The Bertz CT molecular complexity index is 429. The summed E-state index contributed by atoms with van der Waals surface area (Å²) in [7, 11) is 0. The summed E-state index contributed by atoms with van der Waals surface area (Å²) in [6, 6.07) is 0.790. The molecule has 2 N–H and O–H groups in total. The van der Waals surface area contributed by atoms with Crippen LogP contribution in [0.15, 0.2) is 4.52 Å². The zero-order chi connectivity index (χ0) is 13.3. The van der Waals surface area contributed by atoms with E-state index in [4.69, 9.17) is 10.3 Å². The molecular weight excluding hydrogens is 232 g/mol. The molecular formula is C12H20N4O2. The lowest BCUT2D eigenvalue weighted by molar-refractivity contribution is -0.122. The lowest BCUT2D eigenvalue weighted by Crippen LogP contribution is -2.46. The standard InChI is InChI=1S/C12H20N4O2/c1-7(2)11-14-12(18-15-11)16-6-9(10(13)17)5-4-8(16)3/h7-9H,4-6H2,1-3H3,(H2,13,17)/t8-,9+/m0/s1. The number of hydrogen-bond donors (Lipinski definition) is 1. The SMILES string of the molecule is CC(C)c1noc(N2C[C@H](C(N)=O)CC[C@@H]2C)n1. The third-order valence-electron chi connectivity index (χ3n) is 3.48. The van der Waals surface area contributed by atoms with Crippen molar-refractivity contribution in [1.29, 1.82) is 0 Å². The number of carbonyl (C=O) groups is 1. The molecule has 2 atom stereocenters. The van der Waals surface area contributed by atoms with E-state index in [2.05, 4.69) is 17.1 Å². The largest absolute Gasteiger partial charge is 0.369 e. The van der Waals surface area contributed by atoms with Crippen LogP contribution in [0.4, 0.5) is 6.01 Å². The lowest BCUT2D eigenvalue weighted by atomic mass is 9.93. The number of hydrogen-bond acceptors (Lipinski definition) is 5. The molecule has 1 aromatic heterocycles. The molecule has 18 heavy (non-hydrogen) atoms. The van der Waals surface area contributed by atoms with Gasteiger partial charge in [-0.05, 0) is 19.8 Å². The van der Waals surface area contributed by atoms with Crippen molar-refractivity contribution < 1.29 is 9.32 Å². The molecule has 1 aliphatic heterocycles. The van der Waals surface area contributed by atoms with Crippen LogP contribution < -0.4 is 10.6 Å². The van der Waals surface area contributed by atoms with E-state index in [1.54, 1.807) is 0 Å². The minimum absolute atomic E-state index is 0.129. The summed E-state index contributed by atoms with van der Waals surface area (Å²) in [5, 5.41) is 3.95. The average molecular weight is 252 g/mol. The molecule has 0 aromatic carbocycles. The van der Waals surface area contributed by atoms with Crippen molar-refractivity contribution in [1.82, 2.24) is 10.1 Å². The van der Waals surface area contributed by atoms with Gasteiger partial charge in [-0.15, -0.1) is 0 Å². The summed E-state index contributed by atoms with van der Waals surface area (Å²) in [4.78, 5) is 17.6. The Morgan fingerprint density at radius 3 is 2.78 bits per heavy atom. The summed E-state index contributed by atoms with van der Waals surface area (Å²) in [6.07, 6.45) is 1.74. The second kappa shape index (κ2) is 4.96. The third kappa shape index (κ3) is 2.47. The van der Waals surface area contributed by atoms with Crippen LogP contribution in [0.3, 0.4) is 0 Å². The molecule has 0 unspecified atom stereocenters. The van der Waals surface area contributed by atoms with Gasteiger partial charge < -0.3 is 15.2 Å². The zero-order valence-corrected chi connectivity index (χ0v) is 11.1. The van der Waals surface area contributed by atoms with Gasteiger partial charge >= 0.3 is 6.01 Å². The zero-order valence-electron chi connectivity index (χ0n) is 11.1. The predicted molar refractivity (Wildman–Crippen MR) is 67.1 cm³/mol. The topological polar surface area (TPSA) is 85.3 Å². The highest BCUT2D eigenvalue weighted by Gasteiger charge is 2.31. The normalized spacial score (nSPS) is 24.6. The molecule has 1 fully saturated rings. The Hall–Kier alpha value is -1.59. The second-order valence-electron chi connectivity index (χ2n) is 5.27. The summed E-state index contributed by atoms with van der Waals surface area (Å²) < 4.78 is 5.28. The van der Waals surface area contributed by atoms with Crippen LogP contribution >= 0.6 is 0 Å². The van der Waals surface area contributed by atoms with E-state index >= 15 is 0 Å². The Balaban J connectivity index is 2.16. The minimum Gasteiger partial charge on any atom is -0.369 e. The molecule has 0 aliphatic carbocycles. The smallest absolute Gasteiger partial charge is 0.324 e. The van der Waals surface area contributed by atoms with Gasteiger partial charge in [0.05, 0.1) is 5.92 Å². The second-order valence-corrected chi connectivity index (χ2v) is 5.27. The van der Waals surface area contributed by atoms with E-state index in [0.717, 1.165) is 12.8 Å². The molecule has 6 heteroatoms. The van der Waals surface area contributed by atoms with Crippen LogP contribution in [-0.4, -0.2) is 28.6 Å². The molecule has 6 nitrogen and oxygen atoms in total. The fraction of sp³-hybridized carbons (Fsp3) is 0.750. The van der Waals surface area contributed by atoms with Crippen molar-refractivity contribution in [2.75, 3.05) is 11.4 Å². The van der Waals surface area contributed by atoms with Crippen LogP contribution in [0.5, 0.6) is 0 Å². The summed E-state index contributed by atoms with van der Waals surface area (Å²) in [5.74, 6) is 0.541. The Kier molecular flexibility index (Phi) is 3.54. The van der Waals surface area contributed by atoms with Gasteiger partial charge in [0.1, 0.15) is 0 Å². The summed E-state index contributed by atoms with van der Waals surface area (Å²) in [5.41, 5.74) is 5.37.